The van der Waals surface area contributed by atoms with Gasteiger partial charge in [-0.05, 0) is 42.5 Å². The molecular weight excluding hydrogens is 321 g/mol. The van der Waals surface area contributed by atoms with Crippen molar-refractivity contribution in [1.82, 2.24) is 0 Å². The Bertz CT molecular complexity index is 798. The first-order chi connectivity index (χ1) is 11.0. The van der Waals surface area contributed by atoms with Crippen LogP contribution in [0, 0.1) is 17.1 Å². The van der Waals surface area contributed by atoms with Crippen LogP contribution in [0.15, 0.2) is 54.2 Å². The molecule has 116 valence electrons. The lowest BCUT2D eigenvalue weighted by atomic mass is 10.2. The highest BCUT2D eigenvalue weighted by Crippen LogP contribution is 2.19. The van der Waals surface area contributed by atoms with E-state index in [0.717, 1.165) is 0 Å². The number of carbonyl (C=O) groups excluding carboxylic acids is 1. The van der Waals surface area contributed by atoms with Crippen molar-refractivity contribution in [3.63, 3.8) is 0 Å². The zero-order valence-electron chi connectivity index (χ0n) is 11.7. The molecule has 0 aliphatic rings. The molecule has 2 aromatic rings. The molecule has 3 N–H and O–H groups in total. The molecule has 2 rings (SSSR count). The average molecular weight is 332 g/mol. The first-order valence-corrected chi connectivity index (χ1v) is 6.79. The van der Waals surface area contributed by atoms with E-state index in [-0.39, 0.29) is 16.3 Å². The van der Waals surface area contributed by atoms with Gasteiger partial charge in [0.1, 0.15) is 23.2 Å². The predicted octanol–water partition coefficient (Wildman–Crippen LogP) is 3.64. The Hall–Kier alpha value is -3.04. The van der Waals surface area contributed by atoms with Crippen LogP contribution in [0.3, 0.4) is 0 Å². The third-order valence-corrected chi connectivity index (χ3v) is 3.08. The number of aromatic hydroxyl groups is 1. The van der Waals surface area contributed by atoms with Crippen LogP contribution in [-0.2, 0) is 4.79 Å². The summed E-state index contributed by atoms with van der Waals surface area (Å²) in [4.78, 5) is 12.0. The van der Waals surface area contributed by atoms with E-state index in [4.69, 9.17) is 16.9 Å². The second kappa shape index (κ2) is 7.29. The molecule has 0 atom stereocenters. The van der Waals surface area contributed by atoms with E-state index in [1.165, 1.54) is 48.7 Å². The summed E-state index contributed by atoms with van der Waals surface area (Å²) in [7, 11) is 0. The number of hydrogen-bond donors (Lipinski definition) is 3. The summed E-state index contributed by atoms with van der Waals surface area (Å²) in [5.41, 5.74) is 0.680. The second-order valence-corrected chi connectivity index (χ2v) is 4.85. The number of nitriles is 1. The molecule has 0 radical (unpaired) electrons. The predicted molar refractivity (Wildman–Crippen MR) is 85.5 cm³/mol. The first-order valence-electron chi connectivity index (χ1n) is 6.42. The third-order valence-electron chi connectivity index (χ3n) is 2.79. The van der Waals surface area contributed by atoms with Gasteiger partial charge in [0, 0.05) is 17.6 Å². The van der Waals surface area contributed by atoms with Crippen molar-refractivity contribution in [2.24, 2.45) is 0 Å². The average Bonchev–Trinajstić information content (AvgIpc) is 2.53. The standard InChI is InChI=1S/C16H11ClFN3O2/c17-14-7-12(3-6-15(14)18)20-9-10(8-19)16(23)21-11-1-4-13(22)5-2-11/h1-7,9,20,22H,(H,21,23)/b10-9-. The summed E-state index contributed by atoms with van der Waals surface area (Å²) in [5.74, 6) is -1.13. The monoisotopic (exact) mass is 331 g/mol. The van der Waals surface area contributed by atoms with Gasteiger partial charge in [-0.15, -0.1) is 0 Å². The van der Waals surface area contributed by atoms with Crippen molar-refractivity contribution < 1.29 is 14.3 Å². The van der Waals surface area contributed by atoms with Crippen LogP contribution in [0.25, 0.3) is 0 Å². The molecule has 0 fully saturated rings. The Morgan fingerprint density at radius 3 is 2.48 bits per heavy atom. The third kappa shape index (κ3) is 4.46. The number of nitrogens with one attached hydrogen (secondary N) is 2. The smallest absolute Gasteiger partial charge is 0.267 e. The summed E-state index contributed by atoms with van der Waals surface area (Å²) in [6, 6.07) is 11.5. The van der Waals surface area contributed by atoms with E-state index >= 15 is 0 Å². The molecule has 0 spiro atoms. The van der Waals surface area contributed by atoms with Crippen molar-refractivity contribution in [3.05, 3.63) is 65.1 Å². The molecule has 23 heavy (non-hydrogen) atoms. The van der Waals surface area contributed by atoms with Crippen molar-refractivity contribution in [2.45, 2.75) is 0 Å². The Labute approximate surface area is 136 Å². The molecule has 7 heteroatoms. The summed E-state index contributed by atoms with van der Waals surface area (Å²) in [6.45, 7) is 0. The van der Waals surface area contributed by atoms with Gasteiger partial charge in [-0.1, -0.05) is 11.6 Å². The molecule has 0 saturated heterocycles. The molecule has 2 aromatic carbocycles. The van der Waals surface area contributed by atoms with E-state index in [0.29, 0.717) is 11.4 Å². The maximum absolute atomic E-state index is 13.1. The van der Waals surface area contributed by atoms with E-state index in [1.54, 1.807) is 6.07 Å². The molecule has 5 nitrogen and oxygen atoms in total. The minimum absolute atomic E-state index is 0.0638. The minimum atomic E-state index is -0.626. The number of phenols is 1. The van der Waals surface area contributed by atoms with Gasteiger partial charge in [0.2, 0.25) is 0 Å². The molecule has 0 aliphatic heterocycles. The Balaban J connectivity index is 2.08. The lowest BCUT2D eigenvalue weighted by Crippen LogP contribution is -2.14. The van der Waals surface area contributed by atoms with Gasteiger partial charge in [0.15, 0.2) is 0 Å². The summed E-state index contributed by atoms with van der Waals surface area (Å²) >= 11 is 5.65. The fraction of sp³-hybridized carbons (Fsp3) is 0. The van der Waals surface area contributed by atoms with E-state index in [1.807, 2.05) is 0 Å². The van der Waals surface area contributed by atoms with Crippen LogP contribution in [-0.4, -0.2) is 11.0 Å². The first kappa shape index (κ1) is 16.3. The topological polar surface area (TPSA) is 85.2 Å². The summed E-state index contributed by atoms with van der Waals surface area (Å²) in [5, 5.41) is 23.4. The van der Waals surface area contributed by atoms with Crippen LogP contribution in [0.5, 0.6) is 5.75 Å². The quantitative estimate of drug-likeness (QED) is 0.453. The van der Waals surface area contributed by atoms with Gasteiger partial charge < -0.3 is 15.7 Å². The number of phenolic OH excluding ortho intramolecular Hbond substituents is 1. The van der Waals surface area contributed by atoms with Crippen LogP contribution < -0.4 is 10.6 Å². The van der Waals surface area contributed by atoms with Crippen molar-refractivity contribution in [1.29, 1.82) is 5.26 Å². The number of carbonyl (C=O) groups is 1. The molecular formula is C16H11ClFN3O2. The number of anilines is 2. The maximum Gasteiger partial charge on any atom is 0.267 e. The minimum Gasteiger partial charge on any atom is -0.508 e. The van der Waals surface area contributed by atoms with E-state index < -0.39 is 11.7 Å². The lowest BCUT2D eigenvalue weighted by Gasteiger charge is -2.06. The Morgan fingerprint density at radius 1 is 1.22 bits per heavy atom. The fourth-order valence-corrected chi connectivity index (χ4v) is 1.81. The van der Waals surface area contributed by atoms with Crippen LogP contribution in [0.1, 0.15) is 0 Å². The molecule has 0 bridgehead atoms. The van der Waals surface area contributed by atoms with Gasteiger partial charge in [-0.3, -0.25) is 4.79 Å². The molecule has 1 amide bonds. The van der Waals surface area contributed by atoms with Gasteiger partial charge >= 0.3 is 0 Å². The number of halogens is 2. The number of hydrogen-bond acceptors (Lipinski definition) is 4. The van der Waals surface area contributed by atoms with Crippen molar-refractivity contribution >= 4 is 28.9 Å². The molecule has 0 heterocycles. The summed E-state index contributed by atoms with van der Waals surface area (Å²) in [6.07, 6.45) is 1.19. The number of nitrogens with zero attached hydrogens (tertiary/aromatic N) is 1. The fourth-order valence-electron chi connectivity index (χ4n) is 1.63. The Morgan fingerprint density at radius 2 is 1.87 bits per heavy atom. The van der Waals surface area contributed by atoms with Gasteiger partial charge in [-0.2, -0.15) is 5.26 Å². The highest BCUT2D eigenvalue weighted by Gasteiger charge is 2.09. The number of benzene rings is 2. The van der Waals surface area contributed by atoms with E-state index in [9.17, 15) is 14.3 Å². The largest absolute Gasteiger partial charge is 0.508 e. The van der Waals surface area contributed by atoms with Gasteiger partial charge in [-0.25, -0.2) is 4.39 Å². The number of amides is 1. The van der Waals surface area contributed by atoms with Gasteiger partial charge in [0.05, 0.1) is 5.02 Å². The highest BCUT2D eigenvalue weighted by atomic mass is 35.5. The second-order valence-electron chi connectivity index (χ2n) is 4.44. The zero-order valence-corrected chi connectivity index (χ0v) is 12.4. The molecule has 0 aromatic heterocycles. The van der Waals surface area contributed by atoms with Crippen molar-refractivity contribution in [3.8, 4) is 11.8 Å². The van der Waals surface area contributed by atoms with E-state index in [2.05, 4.69) is 10.6 Å². The van der Waals surface area contributed by atoms with Crippen LogP contribution in [0.4, 0.5) is 15.8 Å². The molecule has 0 aliphatic carbocycles. The maximum atomic E-state index is 13.1. The van der Waals surface area contributed by atoms with Crippen LogP contribution in [0.2, 0.25) is 5.02 Å². The SMILES string of the molecule is N#C/C(=C/Nc1ccc(F)c(Cl)c1)C(=O)Nc1ccc(O)cc1. The zero-order chi connectivity index (χ0) is 16.8. The highest BCUT2D eigenvalue weighted by molar-refractivity contribution is 6.31. The molecule has 0 unspecified atom stereocenters. The normalized spacial score (nSPS) is 10.7. The van der Waals surface area contributed by atoms with Gasteiger partial charge in [0.25, 0.3) is 5.91 Å². The summed E-state index contributed by atoms with van der Waals surface area (Å²) < 4.78 is 13.1. The van der Waals surface area contributed by atoms with Crippen molar-refractivity contribution in [2.75, 3.05) is 10.6 Å². The lowest BCUT2D eigenvalue weighted by molar-refractivity contribution is -0.112. The molecule has 0 saturated carbocycles. The van der Waals surface area contributed by atoms with Crippen LogP contribution >= 0.6 is 11.6 Å². The number of rotatable bonds is 4. The Kier molecular flexibility index (Phi) is 5.18.